The number of phosphoric acid groups is 1. The minimum absolute atomic E-state index is 0.360. The van der Waals surface area contributed by atoms with Crippen LogP contribution in [0.5, 0.6) is 23.0 Å². The molecule has 0 amide bonds. The normalized spacial score (nSPS) is 11.8. The summed E-state index contributed by atoms with van der Waals surface area (Å²) >= 11 is 0. The monoisotopic (exact) mass is 436 g/mol. The number of phosphoric ester groups is 1. The molecule has 160 valence electrons. The van der Waals surface area contributed by atoms with Crippen molar-refractivity contribution in [3.05, 3.63) is 47.7 Å². The molecule has 0 bridgehead atoms. The Balaban J connectivity index is 1.90. The fraction of sp³-hybridized carbons (Fsp3) is 0.200. The second-order valence-corrected chi connectivity index (χ2v) is 7.26. The Morgan fingerprint density at radius 2 is 1.53 bits per heavy atom. The number of furan rings is 1. The highest BCUT2D eigenvalue weighted by Crippen LogP contribution is 2.39. The minimum atomic E-state index is -4.63. The van der Waals surface area contributed by atoms with Gasteiger partial charge in [-0.1, -0.05) is 12.2 Å². The van der Waals surface area contributed by atoms with Gasteiger partial charge in [-0.25, -0.2) is 9.09 Å². The van der Waals surface area contributed by atoms with Crippen LogP contribution < -0.4 is 18.9 Å². The van der Waals surface area contributed by atoms with Crippen molar-refractivity contribution in [3.63, 3.8) is 0 Å². The molecule has 0 fully saturated rings. The lowest BCUT2D eigenvalue weighted by atomic mass is 10.1. The third kappa shape index (κ3) is 5.14. The van der Waals surface area contributed by atoms with Crippen molar-refractivity contribution >= 4 is 30.9 Å². The molecule has 0 saturated carbocycles. The molecule has 10 heteroatoms. The van der Waals surface area contributed by atoms with Crippen LogP contribution in [0.4, 0.5) is 0 Å². The highest BCUT2D eigenvalue weighted by Gasteiger charge is 2.15. The highest BCUT2D eigenvalue weighted by atomic mass is 31.2. The Morgan fingerprint density at radius 1 is 0.933 bits per heavy atom. The SMILES string of the molecule is COc1cc(/C=C/c2cc(OCOP(=O)(O)O)c3ccoc3c2)cc(OC)c1OC. The van der Waals surface area contributed by atoms with Crippen molar-refractivity contribution in [2.45, 2.75) is 0 Å². The molecule has 1 heterocycles. The smallest absolute Gasteiger partial charge is 0.472 e. The molecule has 1 aromatic heterocycles. The van der Waals surface area contributed by atoms with Crippen LogP contribution >= 0.6 is 7.82 Å². The first kappa shape index (κ1) is 21.7. The molecule has 0 aliphatic carbocycles. The maximum absolute atomic E-state index is 10.8. The summed E-state index contributed by atoms with van der Waals surface area (Å²) in [4.78, 5) is 17.6. The van der Waals surface area contributed by atoms with Crippen molar-refractivity contribution in [3.8, 4) is 23.0 Å². The average Bonchev–Trinajstić information content (AvgIpc) is 3.19. The second-order valence-electron chi connectivity index (χ2n) is 6.03. The molecular formula is C20H21O9P. The van der Waals surface area contributed by atoms with Crippen LogP contribution in [0.3, 0.4) is 0 Å². The molecule has 2 aromatic carbocycles. The Morgan fingerprint density at radius 3 is 2.10 bits per heavy atom. The highest BCUT2D eigenvalue weighted by molar-refractivity contribution is 7.46. The van der Waals surface area contributed by atoms with E-state index >= 15 is 0 Å². The van der Waals surface area contributed by atoms with Gasteiger partial charge in [-0.3, -0.25) is 0 Å². The number of hydrogen-bond donors (Lipinski definition) is 2. The molecule has 9 nitrogen and oxygen atoms in total. The average molecular weight is 436 g/mol. The molecule has 0 aliphatic heterocycles. The van der Waals surface area contributed by atoms with Crippen LogP contribution in [0, 0.1) is 0 Å². The number of rotatable bonds is 9. The van der Waals surface area contributed by atoms with Gasteiger partial charge < -0.3 is 33.2 Å². The Labute approximate surface area is 172 Å². The fourth-order valence-electron chi connectivity index (χ4n) is 2.82. The van der Waals surface area contributed by atoms with Crippen LogP contribution in [-0.4, -0.2) is 37.9 Å². The summed E-state index contributed by atoms with van der Waals surface area (Å²) in [6, 6.07) is 8.80. The quantitative estimate of drug-likeness (QED) is 0.291. The van der Waals surface area contributed by atoms with E-state index in [1.54, 1.807) is 44.6 Å². The van der Waals surface area contributed by atoms with Crippen molar-refractivity contribution in [2.75, 3.05) is 28.1 Å². The summed E-state index contributed by atoms with van der Waals surface area (Å²) in [5.74, 6) is 1.90. The van der Waals surface area contributed by atoms with Gasteiger partial charge in [-0.05, 0) is 41.5 Å². The van der Waals surface area contributed by atoms with E-state index in [0.29, 0.717) is 34.0 Å². The number of hydrogen-bond acceptors (Lipinski definition) is 7. The van der Waals surface area contributed by atoms with Crippen molar-refractivity contribution in [2.24, 2.45) is 0 Å². The van der Waals surface area contributed by atoms with E-state index in [-0.39, 0.29) is 0 Å². The Bertz CT molecular complexity index is 1070. The topological polar surface area (TPSA) is 117 Å². The van der Waals surface area contributed by atoms with Gasteiger partial charge in [0.05, 0.1) is 33.0 Å². The lowest BCUT2D eigenvalue weighted by Gasteiger charge is -2.13. The third-order valence-corrected chi connectivity index (χ3v) is 4.59. The number of ether oxygens (including phenoxy) is 4. The summed E-state index contributed by atoms with van der Waals surface area (Å²) in [5, 5.41) is 0.647. The summed E-state index contributed by atoms with van der Waals surface area (Å²) < 4.78 is 42.1. The molecule has 0 saturated heterocycles. The fourth-order valence-corrected chi connectivity index (χ4v) is 3.01. The van der Waals surface area contributed by atoms with E-state index in [9.17, 15) is 4.57 Å². The molecule has 0 spiro atoms. The van der Waals surface area contributed by atoms with Gasteiger partial charge in [0.15, 0.2) is 18.3 Å². The van der Waals surface area contributed by atoms with Crippen LogP contribution in [-0.2, 0) is 9.09 Å². The molecule has 0 radical (unpaired) electrons. The number of methoxy groups -OCH3 is 3. The van der Waals surface area contributed by atoms with Crippen LogP contribution in [0.1, 0.15) is 11.1 Å². The van der Waals surface area contributed by atoms with Gasteiger partial charge in [-0.2, -0.15) is 0 Å². The maximum Gasteiger partial charge on any atom is 0.472 e. The van der Waals surface area contributed by atoms with Crippen molar-refractivity contribution in [1.82, 2.24) is 0 Å². The predicted molar refractivity (Wildman–Crippen MR) is 110 cm³/mol. The van der Waals surface area contributed by atoms with Crippen molar-refractivity contribution in [1.29, 1.82) is 0 Å². The predicted octanol–water partition coefficient (Wildman–Crippen LogP) is 4.07. The first-order valence-corrected chi connectivity index (χ1v) is 10.2. The maximum atomic E-state index is 10.8. The summed E-state index contributed by atoms with van der Waals surface area (Å²) in [5.41, 5.74) is 2.09. The zero-order valence-corrected chi connectivity index (χ0v) is 17.4. The van der Waals surface area contributed by atoms with E-state index in [1.165, 1.54) is 13.4 Å². The molecule has 2 N–H and O–H groups in total. The standard InChI is InChI=1S/C20H21O9P/c1-24-18-10-14(11-19(25-2)20(18)26-3)5-4-13-8-16-15(6-7-27-16)17(9-13)28-12-29-30(21,22)23/h4-11H,12H2,1-3H3,(H2,21,22,23)/b5-4+. The molecule has 0 aliphatic rings. The van der Waals surface area contributed by atoms with E-state index in [0.717, 1.165) is 11.1 Å². The summed E-state index contributed by atoms with van der Waals surface area (Å²) in [6.45, 7) is -0.607. The van der Waals surface area contributed by atoms with Gasteiger partial charge in [0.1, 0.15) is 11.3 Å². The lowest BCUT2D eigenvalue weighted by Crippen LogP contribution is -2.01. The lowest BCUT2D eigenvalue weighted by molar-refractivity contribution is 0.0840. The van der Waals surface area contributed by atoms with E-state index in [2.05, 4.69) is 4.52 Å². The zero-order chi connectivity index (χ0) is 21.7. The summed E-state index contributed by atoms with van der Waals surface area (Å²) in [6.07, 6.45) is 5.15. The minimum Gasteiger partial charge on any atom is -0.493 e. The van der Waals surface area contributed by atoms with Gasteiger partial charge in [0, 0.05) is 0 Å². The van der Waals surface area contributed by atoms with Crippen molar-refractivity contribution < 1.29 is 42.2 Å². The number of benzene rings is 2. The van der Waals surface area contributed by atoms with Gasteiger partial charge >= 0.3 is 7.82 Å². The first-order valence-electron chi connectivity index (χ1n) is 8.67. The van der Waals surface area contributed by atoms with E-state index in [1.807, 2.05) is 12.2 Å². The van der Waals surface area contributed by atoms with E-state index in [4.69, 9.17) is 33.2 Å². The number of fused-ring (bicyclic) bond motifs is 1. The molecular weight excluding hydrogens is 415 g/mol. The van der Waals surface area contributed by atoms with Crippen LogP contribution in [0.2, 0.25) is 0 Å². The van der Waals surface area contributed by atoms with Gasteiger partial charge in [-0.15, -0.1) is 0 Å². The largest absolute Gasteiger partial charge is 0.493 e. The van der Waals surface area contributed by atoms with Gasteiger partial charge in [0.2, 0.25) is 5.75 Å². The molecule has 30 heavy (non-hydrogen) atoms. The molecule has 0 unspecified atom stereocenters. The Hall–Kier alpha value is -2.97. The molecule has 3 rings (SSSR count). The van der Waals surface area contributed by atoms with Gasteiger partial charge in [0.25, 0.3) is 0 Å². The zero-order valence-electron chi connectivity index (χ0n) is 16.5. The first-order chi connectivity index (χ1) is 14.3. The van der Waals surface area contributed by atoms with Crippen LogP contribution in [0.25, 0.3) is 23.1 Å². The Kier molecular flexibility index (Phi) is 6.69. The summed E-state index contributed by atoms with van der Waals surface area (Å²) in [7, 11) is -0.0168. The molecule has 3 aromatic rings. The third-order valence-electron chi connectivity index (χ3n) is 4.15. The van der Waals surface area contributed by atoms with E-state index < -0.39 is 14.6 Å². The van der Waals surface area contributed by atoms with Crippen LogP contribution in [0.15, 0.2) is 41.0 Å². The molecule has 0 atom stereocenters. The second kappa shape index (κ2) is 9.23.